The third-order valence-electron chi connectivity index (χ3n) is 5.02. The van der Waals surface area contributed by atoms with Gasteiger partial charge < -0.3 is 15.0 Å². The van der Waals surface area contributed by atoms with Gasteiger partial charge in [-0.2, -0.15) is 0 Å². The molecular weight excluding hydrogens is 314 g/mol. The Morgan fingerprint density at radius 3 is 2.76 bits per heavy atom. The lowest BCUT2D eigenvalue weighted by Crippen LogP contribution is -2.38. The number of benzene rings is 1. The fourth-order valence-corrected chi connectivity index (χ4v) is 3.50. The van der Waals surface area contributed by atoms with Gasteiger partial charge in [-0.1, -0.05) is 30.3 Å². The van der Waals surface area contributed by atoms with Crippen LogP contribution in [0.15, 0.2) is 48.7 Å². The van der Waals surface area contributed by atoms with Gasteiger partial charge in [0.15, 0.2) is 0 Å². The van der Waals surface area contributed by atoms with Crippen LogP contribution in [0.3, 0.4) is 0 Å². The van der Waals surface area contributed by atoms with E-state index >= 15 is 0 Å². The summed E-state index contributed by atoms with van der Waals surface area (Å²) in [5.41, 5.74) is 2.03. The fourth-order valence-electron chi connectivity index (χ4n) is 3.50. The van der Waals surface area contributed by atoms with Crippen LogP contribution in [0.4, 0.5) is 5.82 Å². The van der Waals surface area contributed by atoms with Crippen molar-refractivity contribution in [2.75, 3.05) is 37.7 Å². The summed E-state index contributed by atoms with van der Waals surface area (Å²) in [6, 6.07) is 14.2. The number of anilines is 1. The van der Waals surface area contributed by atoms with Crippen molar-refractivity contribution in [3.8, 4) is 0 Å². The van der Waals surface area contributed by atoms with E-state index < -0.39 is 0 Å². The highest BCUT2D eigenvalue weighted by molar-refractivity contribution is 5.98. The Balaban J connectivity index is 1.37. The maximum Gasteiger partial charge on any atom is 0.255 e. The summed E-state index contributed by atoms with van der Waals surface area (Å²) in [5, 5.41) is 3.10. The van der Waals surface area contributed by atoms with Crippen LogP contribution in [0.25, 0.3) is 0 Å². The van der Waals surface area contributed by atoms with Gasteiger partial charge in [0.25, 0.3) is 5.91 Å². The van der Waals surface area contributed by atoms with Crippen LogP contribution in [0.5, 0.6) is 0 Å². The van der Waals surface area contributed by atoms with Gasteiger partial charge in [0, 0.05) is 25.8 Å². The number of nitrogens with one attached hydrogen (secondary N) is 1. The average molecular weight is 337 g/mol. The summed E-state index contributed by atoms with van der Waals surface area (Å²) < 4.78 is 5.39. The Labute approximate surface area is 148 Å². The highest BCUT2D eigenvalue weighted by atomic mass is 16.5. The largest absolute Gasteiger partial charge is 0.378 e. The lowest BCUT2D eigenvalue weighted by atomic mass is 10.1. The van der Waals surface area contributed by atoms with Gasteiger partial charge in [-0.15, -0.1) is 0 Å². The Morgan fingerprint density at radius 2 is 1.96 bits per heavy atom. The van der Waals surface area contributed by atoms with Gasteiger partial charge in [-0.3, -0.25) is 4.79 Å². The van der Waals surface area contributed by atoms with Crippen molar-refractivity contribution >= 4 is 11.7 Å². The molecule has 1 aliphatic carbocycles. The first kappa shape index (κ1) is 16.1. The first-order valence-corrected chi connectivity index (χ1v) is 8.94. The number of ether oxygens (including phenoxy) is 1. The molecule has 2 heterocycles. The quantitative estimate of drug-likeness (QED) is 0.911. The molecule has 1 aromatic heterocycles. The Kier molecular flexibility index (Phi) is 4.65. The predicted octanol–water partition coefficient (Wildman–Crippen LogP) is 2.45. The normalized spacial score (nSPS) is 22.5. The zero-order chi connectivity index (χ0) is 17.1. The third kappa shape index (κ3) is 3.66. The molecule has 1 N–H and O–H groups in total. The average Bonchev–Trinajstić information content (AvgIpc) is 3.47. The SMILES string of the molecule is O=C(NC[C@H]1C[C@@H]1c1ccccc1)c1cccnc1N1CCOCC1. The van der Waals surface area contributed by atoms with Crippen LogP contribution in [-0.4, -0.2) is 43.7 Å². The molecular formula is C20H23N3O2. The number of carbonyl (C=O) groups excluding carboxylic acids is 1. The second-order valence-corrected chi connectivity index (χ2v) is 6.70. The summed E-state index contributed by atoms with van der Waals surface area (Å²) in [5.74, 6) is 1.84. The number of aromatic nitrogens is 1. The molecule has 0 spiro atoms. The molecule has 2 fully saturated rings. The molecule has 0 bridgehead atoms. The van der Waals surface area contributed by atoms with E-state index in [-0.39, 0.29) is 5.91 Å². The number of amides is 1. The minimum atomic E-state index is -0.0340. The van der Waals surface area contributed by atoms with E-state index in [4.69, 9.17) is 4.74 Å². The van der Waals surface area contributed by atoms with Crippen LogP contribution >= 0.6 is 0 Å². The monoisotopic (exact) mass is 337 g/mol. The zero-order valence-electron chi connectivity index (χ0n) is 14.2. The molecule has 25 heavy (non-hydrogen) atoms. The molecule has 2 atom stereocenters. The van der Waals surface area contributed by atoms with Crippen molar-refractivity contribution < 1.29 is 9.53 Å². The van der Waals surface area contributed by atoms with Crippen molar-refractivity contribution in [3.63, 3.8) is 0 Å². The van der Waals surface area contributed by atoms with Gasteiger partial charge in [0.05, 0.1) is 18.8 Å². The summed E-state index contributed by atoms with van der Waals surface area (Å²) >= 11 is 0. The molecule has 1 aromatic carbocycles. The predicted molar refractivity (Wildman–Crippen MR) is 96.9 cm³/mol. The second-order valence-electron chi connectivity index (χ2n) is 6.70. The van der Waals surface area contributed by atoms with Gasteiger partial charge >= 0.3 is 0 Å². The number of rotatable bonds is 5. The van der Waals surface area contributed by atoms with Gasteiger partial charge in [-0.05, 0) is 36.0 Å². The van der Waals surface area contributed by atoms with Crippen molar-refractivity contribution in [3.05, 3.63) is 59.8 Å². The summed E-state index contributed by atoms with van der Waals surface area (Å²) in [6.07, 6.45) is 2.89. The first-order chi connectivity index (χ1) is 12.3. The van der Waals surface area contributed by atoms with Crippen molar-refractivity contribution in [2.45, 2.75) is 12.3 Å². The number of carbonyl (C=O) groups is 1. The van der Waals surface area contributed by atoms with Crippen molar-refractivity contribution in [1.82, 2.24) is 10.3 Å². The Hall–Kier alpha value is -2.40. The molecule has 5 heteroatoms. The Bertz CT molecular complexity index is 729. The third-order valence-corrected chi connectivity index (χ3v) is 5.02. The molecule has 5 nitrogen and oxygen atoms in total. The highest BCUT2D eigenvalue weighted by Crippen LogP contribution is 2.46. The Morgan fingerprint density at radius 1 is 1.16 bits per heavy atom. The molecule has 2 aliphatic rings. The summed E-state index contributed by atoms with van der Waals surface area (Å²) in [6.45, 7) is 3.62. The molecule has 2 aromatic rings. The van der Waals surface area contributed by atoms with Crippen LogP contribution < -0.4 is 10.2 Å². The van der Waals surface area contributed by atoms with E-state index in [1.165, 1.54) is 5.56 Å². The number of pyridine rings is 1. The van der Waals surface area contributed by atoms with E-state index in [1.807, 2.05) is 18.2 Å². The maximum atomic E-state index is 12.7. The number of hydrogen-bond acceptors (Lipinski definition) is 4. The molecule has 0 radical (unpaired) electrons. The highest BCUT2D eigenvalue weighted by Gasteiger charge is 2.38. The molecule has 1 amide bonds. The molecule has 130 valence electrons. The van der Waals surface area contributed by atoms with E-state index in [1.54, 1.807) is 6.20 Å². The van der Waals surface area contributed by atoms with Crippen molar-refractivity contribution in [1.29, 1.82) is 0 Å². The fraction of sp³-hybridized carbons (Fsp3) is 0.400. The van der Waals surface area contributed by atoms with Gasteiger partial charge in [-0.25, -0.2) is 4.98 Å². The van der Waals surface area contributed by atoms with Gasteiger partial charge in [0.2, 0.25) is 0 Å². The lowest BCUT2D eigenvalue weighted by Gasteiger charge is -2.29. The minimum absolute atomic E-state index is 0.0340. The summed E-state index contributed by atoms with van der Waals surface area (Å²) in [4.78, 5) is 19.2. The molecule has 0 unspecified atom stereocenters. The van der Waals surface area contributed by atoms with Crippen molar-refractivity contribution in [2.24, 2.45) is 5.92 Å². The smallest absolute Gasteiger partial charge is 0.255 e. The zero-order valence-corrected chi connectivity index (χ0v) is 14.2. The molecule has 1 saturated carbocycles. The van der Waals surface area contributed by atoms with Crippen LogP contribution in [-0.2, 0) is 4.74 Å². The van der Waals surface area contributed by atoms with Crippen LogP contribution in [0, 0.1) is 5.92 Å². The molecule has 1 saturated heterocycles. The lowest BCUT2D eigenvalue weighted by molar-refractivity contribution is 0.0949. The number of nitrogens with zero attached hydrogens (tertiary/aromatic N) is 2. The van der Waals surface area contributed by atoms with E-state index in [2.05, 4.69) is 39.5 Å². The van der Waals surface area contributed by atoms with Crippen LogP contribution in [0.1, 0.15) is 28.3 Å². The van der Waals surface area contributed by atoms with Gasteiger partial charge in [0.1, 0.15) is 5.82 Å². The summed E-state index contributed by atoms with van der Waals surface area (Å²) in [7, 11) is 0. The maximum absolute atomic E-state index is 12.7. The number of hydrogen-bond donors (Lipinski definition) is 1. The van der Waals surface area contributed by atoms with E-state index in [9.17, 15) is 4.79 Å². The minimum Gasteiger partial charge on any atom is -0.378 e. The standard InChI is InChI=1S/C20H23N3O2/c24-20(22-14-16-13-18(16)15-5-2-1-3-6-15)17-7-4-8-21-19(17)23-9-11-25-12-10-23/h1-8,16,18H,9-14H2,(H,22,24)/t16-,18-/m1/s1. The topological polar surface area (TPSA) is 54.5 Å². The molecule has 4 rings (SSSR count). The number of morpholine rings is 1. The molecule has 1 aliphatic heterocycles. The van der Waals surface area contributed by atoms with Crippen LogP contribution in [0.2, 0.25) is 0 Å². The second kappa shape index (κ2) is 7.23. The van der Waals surface area contributed by atoms with E-state index in [0.29, 0.717) is 30.6 Å². The first-order valence-electron chi connectivity index (χ1n) is 8.94. The van der Waals surface area contributed by atoms with E-state index in [0.717, 1.165) is 31.9 Å².